The monoisotopic (exact) mass is 294 g/mol. The van der Waals surface area contributed by atoms with Crippen molar-refractivity contribution in [3.63, 3.8) is 0 Å². The molecule has 0 saturated carbocycles. The number of fused-ring (bicyclic) bond motifs is 3. The van der Waals surface area contributed by atoms with Crippen molar-refractivity contribution < 1.29 is 8.78 Å². The third kappa shape index (κ3) is 1.78. The van der Waals surface area contributed by atoms with Gasteiger partial charge >= 0.3 is 0 Å². The fourth-order valence-corrected chi connectivity index (χ4v) is 2.55. The summed E-state index contributed by atoms with van der Waals surface area (Å²) in [6.45, 7) is 0. The third-order valence-corrected chi connectivity index (χ3v) is 3.55. The molecule has 0 spiro atoms. The SMILES string of the molecule is Cn1c(=O)c2c(C(F)F)nccc2c2ccc(Cl)cc21. The Morgan fingerprint density at radius 2 is 2.00 bits per heavy atom. The first-order chi connectivity index (χ1) is 9.50. The van der Waals surface area contributed by atoms with E-state index in [1.807, 2.05) is 0 Å². The number of nitrogens with zero attached hydrogens (tertiary/aromatic N) is 2. The lowest BCUT2D eigenvalue weighted by Crippen LogP contribution is -2.19. The number of alkyl halides is 2. The number of aromatic nitrogens is 2. The maximum absolute atomic E-state index is 13.0. The summed E-state index contributed by atoms with van der Waals surface area (Å²) < 4.78 is 27.4. The lowest BCUT2D eigenvalue weighted by atomic mass is 10.1. The zero-order valence-electron chi connectivity index (χ0n) is 10.4. The first-order valence-electron chi connectivity index (χ1n) is 5.85. The molecule has 0 bridgehead atoms. The van der Waals surface area contributed by atoms with Crippen LogP contribution in [-0.2, 0) is 7.05 Å². The second-order valence-corrected chi connectivity index (χ2v) is 4.88. The second kappa shape index (κ2) is 4.52. The van der Waals surface area contributed by atoms with Gasteiger partial charge in [-0.2, -0.15) is 0 Å². The Balaban J connectivity index is 2.64. The van der Waals surface area contributed by atoms with Gasteiger partial charge in [0.1, 0.15) is 5.69 Å². The number of hydrogen-bond donors (Lipinski definition) is 0. The van der Waals surface area contributed by atoms with E-state index >= 15 is 0 Å². The van der Waals surface area contributed by atoms with E-state index in [0.29, 0.717) is 21.3 Å². The molecule has 0 unspecified atom stereocenters. The van der Waals surface area contributed by atoms with Crippen molar-refractivity contribution in [2.75, 3.05) is 0 Å². The molecule has 0 N–H and O–H groups in total. The minimum absolute atomic E-state index is 0.0418. The molecule has 0 aliphatic heterocycles. The molecular formula is C14H9ClF2N2O. The summed E-state index contributed by atoms with van der Waals surface area (Å²) in [5.74, 6) is 0. The van der Waals surface area contributed by atoms with Gasteiger partial charge in [0.05, 0.1) is 10.9 Å². The Morgan fingerprint density at radius 3 is 2.70 bits per heavy atom. The molecule has 102 valence electrons. The van der Waals surface area contributed by atoms with Crippen molar-refractivity contribution in [1.82, 2.24) is 9.55 Å². The lowest BCUT2D eigenvalue weighted by molar-refractivity contribution is 0.148. The Morgan fingerprint density at radius 1 is 1.25 bits per heavy atom. The van der Waals surface area contributed by atoms with Crippen LogP contribution in [0.25, 0.3) is 21.7 Å². The van der Waals surface area contributed by atoms with Crippen molar-refractivity contribution in [1.29, 1.82) is 0 Å². The van der Waals surface area contributed by atoms with E-state index < -0.39 is 17.7 Å². The van der Waals surface area contributed by atoms with Crippen LogP contribution in [0.15, 0.2) is 35.3 Å². The summed E-state index contributed by atoms with van der Waals surface area (Å²) in [4.78, 5) is 16.0. The van der Waals surface area contributed by atoms with Gasteiger partial charge in [-0.3, -0.25) is 9.78 Å². The number of aryl methyl sites for hydroxylation is 1. The minimum atomic E-state index is -2.80. The van der Waals surface area contributed by atoms with Crippen molar-refractivity contribution >= 4 is 33.3 Å². The van der Waals surface area contributed by atoms with Gasteiger partial charge in [-0.1, -0.05) is 17.7 Å². The molecule has 3 rings (SSSR count). The van der Waals surface area contributed by atoms with Crippen LogP contribution in [0.1, 0.15) is 12.1 Å². The molecule has 0 aliphatic rings. The molecule has 2 aromatic heterocycles. The lowest BCUT2D eigenvalue weighted by Gasteiger charge is -2.11. The van der Waals surface area contributed by atoms with Crippen LogP contribution in [0.5, 0.6) is 0 Å². The predicted octanol–water partition coefficient (Wildman–Crippen LogP) is 3.68. The molecule has 3 aromatic rings. The molecule has 1 aromatic carbocycles. The summed E-state index contributed by atoms with van der Waals surface area (Å²) in [6, 6.07) is 6.59. The zero-order chi connectivity index (χ0) is 14.4. The van der Waals surface area contributed by atoms with Crippen molar-refractivity contribution in [2.45, 2.75) is 6.43 Å². The summed E-state index contributed by atoms with van der Waals surface area (Å²) in [6.07, 6.45) is -1.51. The highest BCUT2D eigenvalue weighted by molar-refractivity contribution is 6.31. The minimum Gasteiger partial charge on any atom is -0.311 e. The Bertz CT molecular complexity index is 890. The van der Waals surface area contributed by atoms with Crippen LogP contribution >= 0.6 is 11.6 Å². The normalized spacial score (nSPS) is 11.7. The first kappa shape index (κ1) is 13.0. The molecule has 2 heterocycles. The molecule has 0 saturated heterocycles. The van der Waals surface area contributed by atoms with Crippen LogP contribution in [0.4, 0.5) is 8.78 Å². The van der Waals surface area contributed by atoms with E-state index in [9.17, 15) is 13.6 Å². The average molecular weight is 295 g/mol. The fourth-order valence-electron chi connectivity index (χ4n) is 2.38. The van der Waals surface area contributed by atoms with E-state index in [0.717, 1.165) is 0 Å². The van der Waals surface area contributed by atoms with Crippen molar-refractivity contribution in [2.24, 2.45) is 7.05 Å². The standard InChI is InChI=1S/C14H9ClF2N2O/c1-19-10-6-7(15)2-3-8(10)9-4-5-18-12(13(16)17)11(9)14(19)20/h2-6,13H,1H3. The molecule has 0 fully saturated rings. The van der Waals surface area contributed by atoms with Crippen LogP contribution in [0, 0.1) is 0 Å². The van der Waals surface area contributed by atoms with Gasteiger partial charge in [0.2, 0.25) is 0 Å². The van der Waals surface area contributed by atoms with Gasteiger partial charge in [-0.05, 0) is 18.2 Å². The molecule has 6 heteroatoms. The highest BCUT2D eigenvalue weighted by Gasteiger charge is 2.18. The number of hydrogen-bond acceptors (Lipinski definition) is 2. The molecule has 20 heavy (non-hydrogen) atoms. The molecule has 0 amide bonds. The fraction of sp³-hybridized carbons (Fsp3) is 0.143. The van der Waals surface area contributed by atoms with E-state index in [1.165, 1.54) is 17.8 Å². The van der Waals surface area contributed by atoms with Gasteiger partial charge in [-0.25, -0.2) is 8.78 Å². The number of pyridine rings is 2. The van der Waals surface area contributed by atoms with Crippen molar-refractivity contribution in [3.05, 3.63) is 51.5 Å². The summed E-state index contributed by atoms with van der Waals surface area (Å²) in [5.41, 5.74) is -0.389. The quantitative estimate of drug-likeness (QED) is 0.642. The largest absolute Gasteiger partial charge is 0.311 e. The summed E-state index contributed by atoms with van der Waals surface area (Å²) in [7, 11) is 1.53. The topological polar surface area (TPSA) is 34.9 Å². The smallest absolute Gasteiger partial charge is 0.281 e. The summed E-state index contributed by atoms with van der Waals surface area (Å²) >= 11 is 5.93. The van der Waals surface area contributed by atoms with Gasteiger partial charge in [0.15, 0.2) is 0 Å². The number of halogens is 3. The highest BCUT2D eigenvalue weighted by Crippen LogP contribution is 2.29. The Hall–Kier alpha value is -2.01. The van der Waals surface area contributed by atoms with E-state index in [-0.39, 0.29) is 5.39 Å². The van der Waals surface area contributed by atoms with E-state index in [1.54, 1.807) is 24.3 Å². The average Bonchev–Trinajstić information content (AvgIpc) is 2.43. The van der Waals surface area contributed by atoms with Crippen LogP contribution in [-0.4, -0.2) is 9.55 Å². The molecule has 0 aliphatic carbocycles. The Labute approximate surface area is 117 Å². The van der Waals surface area contributed by atoms with Crippen LogP contribution < -0.4 is 5.56 Å². The summed E-state index contributed by atoms with van der Waals surface area (Å²) in [5, 5.41) is 1.59. The maximum atomic E-state index is 13.0. The van der Waals surface area contributed by atoms with Gasteiger partial charge in [0, 0.05) is 29.0 Å². The van der Waals surface area contributed by atoms with Crippen LogP contribution in [0.2, 0.25) is 5.02 Å². The van der Waals surface area contributed by atoms with E-state index in [2.05, 4.69) is 4.98 Å². The van der Waals surface area contributed by atoms with E-state index in [4.69, 9.17) is 11.6 Å². The van der Waals surface area contributed by atoms with Gasteiger partial charge in [0.25, 0.3) is 12.0 Å². The number of rotatable bonds is 1. The molecule has 3 nitrogen and oxygen atoms in total. The molecule has 0 atom stereocenters. The zero-order valence-corrected chi connectivity index (χ0v) is 11.2. The number of benzene rings is 1. The maximum Gasteiger partial charge on any atom is 0.281 e. The second-order valence-electron chi connectivity index (χ2n) is 4.45. The predicted molar refractivity (Wildman–Crippen MR) is 74.5 cm³/mol. The van der Waals surface area contributed by atoms with Crippen LogP contribution in [0.3, 0.4) is 0 Å². The first-order valence-corrected chi connectivity index (χ1v) is 6.23. The third-order valence-electron chi connectivity index (χ3n) is 3.32. The highest BCUT2D eigenvalue weighted by atomic mass is 35.5. The molecule has 0 radical (unpaired) electrons. The molecular weight excluding hydrogens is 286 g/mol. The van der Waals surface area contributed by atoms with Crippen molar-refractivity contribution in [3.8, 4) is 0 Å². The van der Waals surface area contributed by atoms with Gasteiger partial charge < -0.3 is 4.57 Å². The Kier molecular flexibility index (Phi) is 2.94. The van der Waals surface area contributed by atoms with Gasteiger partial charge in [-0.15, -0.1) is 0 Å².